The topological polar surface area (TPSA) is 78.1 Å². The number of aromatic nitrogens is 2. The molecule has 24 heavy (non-hydrogen) atoms. The van der Waals surface area contributed by atoms with E-state index in [1.165, 1.54) is 0 Å². The van der Waals surface area contributed by atoms with Crippen molar-refractivity contribution < 1.29 is 4.79 Å². The van der Waals surface area contributed by atoms with Crippen LogP contribution in [0.4, 0.5) is 11.5 Å². The monoisotopic (exact) mass is 326 g/mol. The van der Waals surface area contributed by atoms with Crippen LogP contribution in [-0.4, -0.2) is 29.0 Å². The molecular formula is C18H22N4O2. The molecule has 126 valence electrons. The van der Waals surface area contributed by atoms with Gasteiger partial charge < -0.3 is 15.2 Å². The van der Waals surface area contributed by atoms with Gasteiger partial charge in [0.15, 0.2) is 0 Å². The van der Waals surface area contributed by atoms with Gasteiger partial charge in [-0.05, 0) is 38.8 Å². The summed E-state index contributed by atoms with van der Waals surface area (Å²) in [6.45, 7) is 4.93. The first-order chi connectivity index (χ1) is 11.5. The fraction of sp³-hybridized carbons (Fsp3) is 0.389. The summed E-state index contributed by atoms with van der Waals surface area (Å²) >= 11 is 0. The van der Waals surface area contributed by atoms with Gasteiger partial charge in [0.05, 0.1) is 11.5 Å². The Morgan fingerprint density at radius 1 is 1.29 bits per heavy atom. The number of aromatic amines is 1. The van der Waals surface area contributed by atoms with E-state index in [0.29, 0.717) is 23.8 Å². The van der Waals surface area contributed by atoms with Crippen molar-refractivity contribution >= 4 is 17.4 Å². The molecule has 1 fully saturated rings. The molecule has 0 radical (unpaired) electrons. The third-order valence-corrected chi connectivity index (χ3v) is 4.38. The summed E-state index contributed by atoms with van der Waals surface area (Å²) in [5.74, 6) is 1.19. The van der Waals surface area contributed by atoms with Crippen molar-refractivity contribution in [2.45, 2.75) is 26.7 Å². The Morgan fingerprint density at radius 3 is 2.79 bits per heavy atom. The number of benzene rings is 1. The summed E-state index contributed by atoms with van der Waals surface area (Å²) in [4.78, 5) is 33.7. The quantitative estimate of drug-likeness (QED) is 0.907. The molecule has 3 rings (SSSR count). The zero-order chi connectivity index (χ0) is 17.1. The van der Waals surface area contributed by atoms with Crippen molar-refractivity contribution in [1.82, 2.24) is 9.97 Å². The smallest absolute Gasteiger partial charge is 0.255 e. The van der Waals surface area contributed by atoms with Gasteiger partial charge in [-0.3, -0.25) is 9.59 Å². The van der Waals surface area contributed by atoms with E-state index in [1.807, 2.05) is 30.3 Å². The third-order valence-electron chi connectivity index (χ3n) is 4.38. The lowest BCUT2D eigenvalue weighted by atomic mass is 9.96. The lowest BCUT2D eigenvalue weighted by Crippen LogP contribution is -2.42. The highest BCUT2D eigenvalue weighted by molar-refractivity contribution is 5.93. The molecule has 6 heteroatoms. The standard InChI is InChI=1S/C18H22N4O2/c1-12-16(19-13(2)20-17(12)23)22-10-6-7-14(11-22)18(24)21-15-8-4-3-5-9-15/h3-5,8-9,14H,6-7,10-11H2,1-2H3,(H,21,24)(H,19,20,23). The number of para-hydroxylation sites is 1. The van der Waals surface area contributed by atoms with Gasteiger partial charge in [0.2, 0.25) is 5.91 Å². The van der Waals surface area contributed by atoms with Crippen LogP contribution in [0.25, 0.3) is 0 Å². The summed E-state index contributed by atoms with van der Waals surface area (Å²) in [5, 5.41) is 2.97. The molecule has 1 atom stereocenters. The predicted molar refractivity (Wildman–Crippen MR) is 94.3 cm³/mol. The molecular weight excluding hydrogens is 304 g/mol. The van der Waals surface area contributed by atoms with Gasteiger partial charge in [-0.25, -0.2) is 4.98 Å². The molecule has 6 nitrogen and oxygen atoms in total. The Kier molecular flexibility index (Phi) is 4.64. The number of nitrogens with zero attached hydrogens (tertiary/aromatic N) is 2. The molecule has 1 aliphatic heterocycles. The summed E-state index contributed by atoms with van der Waals surface area (Å²) in [7, 11) is 0. The summed E-state index contributed by atoms with van der Waals surface area (Å²) in [6, 6.07) is 9.47. The van der Waals surface area contributed by atoms with Gasteiger partial charge in [-0.2, -0.15) is 0 Å². The van der Waals surface area contributed by atoms with Crippen LogP contribution in [0.5, 0.6) is 0 Å². The number of nitrogens with one attached hydrogen (secondary N) is 2. The Bertz CT molecular complexity index is 785. The molecule has 0 aliphatic carbocycles. The third kappa shape index (κ3) is 3.48. The van der Waals surface area contributed by atoms with E-state index in [1.54, 1.807) is 13.8 Å². The number of amides is 1. The number of aryl methyl sites for hydroxylation is 1. The average Bonchev–Trinajstić information content (AvgIpc) is 2.59. The van der Waals surface area contributed by atoms with Crippen molar-refractivity contribution in [3.63, 3.8) is 0 Å². The molecule has 1 aromatic carbocycles. The number of carbonyl (C=O) groups is 1. The molecule has 2 N–H and O–H groups in total. The highest BCUT2D eigenvalue weighted by atomic mass is 16.2. The second-order valence-corrected chi connectivity index (χ2v) is 6.24. The van der Waals surface area contributed by atoms with Crippen LogP contribution in [0.15, 0.2) is 35.1 Å². The number of piperidine rings is 1. The largest absolute Gasteiger partial charge is 0.355 e. The molecule has 2 heterocycles. The normalized spacial score (nSPS) is 17.6. The minimum Gasteiger partial charge on any atom is -0.355 e. The molecule has 2 aromatic rings. The maximum Gasteiger partial charge on any atom is 0.255 e. The van der Waals surface area contributed by atoms with Gasteiger partial charge >= 0.3 is 0 Å². The van der Waals surface area contributed by atoms with Crippen molar-refractivity contribution in [2.24, 2.45) is 5.92 Å². The van der Waals surface area contributed by atoms with Crippen molar-refractivity contribution in [3.05, 3.63) is 52.1 Å². The van der Waals surface area contributed by atoms with Crippen LogP contribution in [-0.2, 0) is 4.79 Å². The van der Waals surface area contributed by atoms with E-state index in [4.69, 9.17) is 0 Å². The van der Waals surface area contributed by atoms with Crippen LogP contribution in [0.1, 0.15) is 24.2 Å². The van der Waals surface area contributed by atoms with Crippen LogP contribution >= 0.6 is 0 Å². The SMILES string of the molecule is Cc1nc(N2CCCC(C(=O)Nc3ccccc3)C2)c(C)c(=O)[nH]1. The van der Waals surface area contributed by atoms with E-state index >= 15 is 0 Å². The van der Waals surface area contributed by atoms with Crippen molar-refractivity contribution in [2.75, 3.05) is 23.3 Å². The Balaban J connectivity index is 1.75. The second-order valence-electron chi connectivity index (χ2n) is 6.24. The highest BCUT2D eigenvalue weighted by Gasteiger charge is 2.27. The van der Waals surface area contributed by atoms with Crippen LogP contribution in [0, 0.1) is 19.8 Å². The predicted octanol–water partition coefficient (Wildman–Crippen LogP) is 2.24. The van der Waals surface area contributed by atoms with Crippen LogP contribution < -0.4 is 15.8 Å². The maximum absolute atomic E-state index is 12.5. The van der Waals surface area contributed by atoms with Crippen molar-refractivity contribution in [3.8, 4) is 0 Å². The fourth-order valence-electron chi connectivity index (χ4n) is 3.09. The average molecular weight is 326 g/mol. The lowest BCUT2D eigenvalue weighted by molar-refractivity contribution is -0.120. The number of hydrogen-bond acceptors (Lipinski definition) is 4. The molecule has 0 saturated carbocycles. The fourth-order valence-corrected chi connectivity index (χ4v) is 3.09. The summed E-state index contributed by atoms with van der Waals surface area (Å²) < 4.78 is 0. The minimum absolute atomic E-state index is 0.0186. The minimum atomic E-state index is -0.117. The number of carbonyl (C=O) groups excluding carboxylic acids is 1. The zero-order valence-corrected chi connectivity index (χ0v) is 14.0. The van der Waals surface area contributed by atoms with E-state index in [9.17, 15) is 9.59 Å². The first kappa shape index (κ1) is 16.2. The number of anilines is 2. The van der Waals surface area contributed by atoms with Crippen molar-refractivity contribution in [1.29, 1.82) is 0 Å². The summed E-state index contributed by atoms with van der Waals surface area (Å²) in [5.41, 5.74) is 1.29. The van der Waals surface area contributed by atoms with E-state index < -0.39 is 0 Å². The molecule has 1 aromatic heterocycles. The highest BCUT2D eigenvalue weighted by Crippen LogP contribution is 2.24. The second kappa shape index (κ2) is 6.86. The lowest BCUT2D eigenvalue weighted by Gasteiger charge is -2.33. The molecule has 1 unspecified atom stereocenters. The summed E-state index contributed by atoms with van der Waals surface area (Å²) in [6.07, 6.45) is 1.75. The van der Waals surface area contributed by atoms with E-state index in [-0.39, 0.29) is 17.4 Å². The van der Waals surface area contributed by atoms with Gasteiger partial charge in [-0.1, -0.05) is 18.2 Å². The molecule has 1 saturated heterocycles. The van der Waals surface area contributed by atoms with Gasteiger partial charge in [0, 0.05) is 18.8 Å². The first-order valence-electron chi connectivity index (χ1n) is 8.23. The van der Waals surface area contributed by atoms with E-state index in [0.717, 1.165) is 25.1 Å². The Morgan fingerprint density at radius 2 is 2.04 bits per heavy atom. The molecule has 1 amide bonds. The molecule has 0 spiro atoms. The van der Waals surface area contributed by atoms with Gasteiger partial charge in [-0.15, -0.1) is 0 Å². The van der Waals surface area contributed by atoms with Gasteiger partial charge in [0.1, 0.15) is 11.6 Å². The number of rotatable bonds is 3. The zero-order valence-electron chi connectivity index (χ0n) is 14.0. The van der Waals surface area contributed by atoms with Gasteiger partial charge in [0.25, 0.3) is 5.56 Å². The number of H-pyrrole nitrogens is 1. The molecule has 0 bridgehead atoms. The first-order valence-corrected chi connectivity index (χ1v) is 8.23. The Labute approximate surface area is 140 Å². The maximum atomic E-state index is 12.5. The Hall–Kier alpha value is -2.63. The van der Waals surface area contributed by atoms with E-state index in [2.05, 4.69) is 20.2 Å². The number of hydrogen-bond donors (Lipinski definition) is 2. The van der Waals surface area contributed by atoms with Crippen LogP contribution in [0.3, 0.4) is 0 Å². The molecule has 1 aliphatic rings. The van der Waals surface area contributed by atoms with Crippen LogP contribution in [0.2, 0.25) is 0 Å².